The largest absolute Gasteiger partial charge is 0.516 e. The highest BCUT2D eigenvalue weighted by Crippen LogP contribution is 2.27. The van der Waals surface area contributed by atoms with Crippen LogP contribution in [0, 0.1) is 0 Å². The van der Waals surface area contributed by atoms with Crippen LogP contribution < -0.4 is 9.47 Å². The van der Waals surface area contributed by atoms with Crippen molar-refractivity contribution in [2.75, 3.05) is 14.2 Å². The Morgan fingerprint density at radius 3 is 2.38 bits per heavy atom. The van der Waals surface area contributed by atoms with Crippen molar-refractivity contribution in [2.24, 2.45) is 0 Å². The van der Waals surface area contributed by atoms with Gasteiger partial charge in [-0.1, -0.05) is 6.07 Å². The fourth-order valence-electron chi connectivity index (χ4n) is 1.04. The molecule has 1 rings (SSSR count). The van der Waals surface area contributed by atoms with Gasteiger partial charge in [-0.15, -0.1) is 0 Å². The van der Waals surface area contributed by atoms with Gasteiger partial charge in [0.15, 0.2) is 11.5 Å². The maximum atomic E-state index is 8.56. The molecule has 1 N–H and O–H groups in total. The molecule has 0 radical (unpaired) electrons. The molecule has 3 heteroatoms. The molecule has 3 nitrogen and oxygen atoms in total. The van der Waals surface area contributed by atoms with E-state index in [-0.39, 0.29) is 0 Å². The summed E-state index contributed by atoms with van der Waals surface area (Å²) in [6.07, 6.45) is 2.56. The van der Waals surface area contributed by atoms with Gasteiger partial charge < -0.3 is 14.6 Å². The van der Waals surface area contributed by atoms with E-state index in [1.807, 2.05) is 6.07 Å². The second-order valence-corrected chi connectivity index (χ2v) is 2.43. The van der Waals surface area contributed by atoms with E-state index < -0.39 is 0 Å². The van der Waals surface area contributed by atoms with Crippen molar-refractivity contribution >= 4 is 6.08 Å². The molecule has 0 amide bonds. The monoisotopic (exact) mass is 180 g/mol. The topological polar surface area (TPSA) is 38.7 Å². The molecule has 0 atom stereocenters. The molecule has 0 heterocycles. The molecule has 1 aromatic carbocycles. The van der Waals surface area contributed by atoms with Crippen LogP contribution in [-0.4, -0.2) is 19.3 Å². The molecular formula is C10H12O3. The molecule has 0 aliphatic carbocycles. The number of methoxy groups -OCH3 is 2. The maximum absolute atomic E-state index is 8.56. The molecule has 0 saturated heterocycles. The van der Waals surface area contributed by atoms with Crippen LogP contribution in [0.25, 0.3) is 6.08 Å². The smallest absolute Gasteiger partial charge is 0.161 e. The number of benzene rings is 1. The van der Waals surface area contributed by atoms with Gasteiger partial charge in [0.1, 0.15) is 0 Å². The zero-order chi connectivity index (χ0) is 9.68. The van der Waals surface area contributed by atoms with Crippen LogP contribution in [0.15, 0.2) is 24.5 Å². The highest BCUT2D eigenvalue weighted by Gasteiger charge is 2.01. The molecule has 0 spiro atoms. The summed E-state index contributed by atoms with van der Waals surface area (Å²) in [6, 6.07) is 5.40. The summed E-state index contributed by atoms with van der Waals surface area (Å²) in [5.41, 5.74) is 0.861. The van der Waals surface area contributed by atoms with Crippen LogP contribution in [0.1, 0.15) is 5.56 Å². The zero-order valence-corrected chi connectivity index (χ0v) is 7.65. The molecule has 13 heavy (non-hydrogen) atoms. The van der Waals surface area contributed by atoms with Crippen molar-refractivity contribution in [3.8, 4) is 11.5 Å². The van der Waals surface area contributed by atoms with Crippen LogP contribution in [0.4, 0.5) is 0 Å². The van der Waals surface area contributed by atoms with Gasteiger partial charge in [-0.3, -0.25) is 0 Å². The van der Waals surface area contributed by atoms with Crippen LogP contribution in [0.2, 0.25) is 0 Å². The Balaban J connectivity index is 3.05. The van der Waals surface area contributed by atoms with Gasteiger partial charge in [-0.05, 0) is 23.8 Å². The van der Waals surface area contributed by atoms with Crippen molar-refractivity contribution in [1.29, 1.82) is 0 Å². The summed E-state index contributed by atoms with van der Waals surface area (Å²) in [5, 5.41) is 8.56. The van der Waals surface area contributed by atoms with Gasteiger partial charge in [0.2, 0.25) is 0 Å². The minimum atomic E-state index is 0.651. The van der Waals surface area contributed by atoms with E-state index in [1.165, 1.54) is 0 Å². The Kier molecular flexibility index (Phi) is 3.20. The normalized spacial score (nSPS) is 10.3. The summed E-state index contributed by atoms with van der Waals surface area (Å²) >= 11 is 0. The average molecular weight is 180 g/mol. The fourth-order valence-corrected chi connectivity index (χ4v) is 1.04. The van der Waals surface area contributed by atoms with Crippen molar-refractivity contribution in [1.82, 2.24) is 0 Å². The van der Waals surface area contributed by atoms with E-state index in [1.54, 1.807) is 32.4 Å². The third kappa shape index (κ3) is 2.15. The summed E-state index contributed by atoms with van der Waals surface area (Å²) in [5.74, 6) is 1.33. The number of hydrogen-bond donors (Lipinski definition) is 1. The summed E-state index contributed by atoms with van der Waals surface area (Å²) in [6.45, 7) is 0. The lowest BCUT2D eigenvalue weighted by atomic mass is 10.2. The molecule has 0 aliphatic rings. The molecular weight excluding hydrogens is 168 g/mol. The van der Waals surface area contributed by atoms with E-state index >= 15 is 0 Å². The lowest BCUT2D eigenvalue weighted by Gasteiger charge is -2.07. The number of aliphatic hydroxyl groups excluding tert-OH is 1. The quantitative estimate of drug-likeness (QED) is 0.725. The molecule has 0 bridgehead atoms. The third-order valence-corrected chi connectivity index (χ3v) is 1.67. The molecule has 1 aromatic rings. The zero-order valence-electron chi connectivity index (χ0n) is 7.65. The summed E-state index contributed by atoms with van der Waals surface area (Å²) in [7, 11) is 3.16. The number of hydrogen-bond acceptors (Lipinski definition) is 3. The fraction of sp³-hybridized carbons (Fsp3) is 0.200. The maximum Gasteiger partial charge on any atom is 0.161 e. The first-order valence-electron chi connectivity index (χ1n) is 3.84. The van der Waals surface area contributed by atoms with E-state index in [4.69, 9.17) is 14.6 Å². The highest BCUT2D eigenvalue weighted by molar-refractivity contribution is 5.55. The molecule has 70 valence electrons. The van der Waals surface area contributed by atoms with Crippen LogP contribution >= 0.6 is 0 Å². The van der Waals surface area contributed by atoms with Gasteiger partial charge in [0.05, 0.1) is 20.5 Å². The number of aliphatic hydroxyl groups is 1. The first-order valence-corrected chi connectivity index (χ1v) is 3.84. The van der Waals surface area contributed by atoms with Crippen LogP contribution in [-0.2, 0) is 0 Å². The van der Waals surface area contributed by atoms with E-state index in [2.05, 4.69) is 0 Å². The SMILES string of the molecule is COc1ccc(/C=C/O)cc1OC. The molecule has 0 aromatic heterocycles. The molecule has 0 aliphatic heterocycles. The first kappa shape index (κ1) is 9.45. The summed E-state index contributed by atoms with van der Waals surface area (Å²) < 4.78 is 10.1. The highest BCUT2D eigenvalue weighted by atomic mass is 16.5. The van der Waals surface area contributed by atoms with E-state index in [9.17, 15) is 0 Å². The number of rotatable bonds is 3. The first-order chi connectivity index (χ1) is 6.31. The van der Waals surface area contributed by atoms with Crippen LogP contribution in [0.5, 0.6) is 11.5 Å². The summed E-state index contributed by atoms with van der Waals surface area (Å²) in [4.78, 5) is 0. The lowest BCUT2D eigenvalue weighted by Crippen LogP contribution is -1.90. The predicted molar refractivity (Wildman–Crippen MR) is 51.2 cm³/mol. The minimum Gasteiger partial charge on any atom is -0.516 e. The second-order valence-electron chi connectivity index (χ2n) is 2.43. The Morgan fingerprint density at radius 1 is 1.15 bits per heavy atom. The van der Waals surface area contributed by atoms with Crippen LogP contribution in [0.3, 0.4) is 0 Å². The standard InChI is InChI=1S/C10H12O3/c1-12-9-4-3-8(5-6-11)7-10(9)13-2/h3-7,11H,1-2H3/b6-5+. The number of ether oxygens (including phenoxy) is 2. The van der Waals surface area contributed by atoms with Crippen molar-refractivity contribution < 1.29 is 14.6 Å². The third-order valence-electron chi connectivity index (χ3n) is 1.67. The Hall–Kier alpha value is -1.64. The van der Waals surface area contributed by atoms with E-state index in [0.29, 0.717) is 11.5 Å². The van der Waals surface area contributed by atoms with Gasteiger partial charge in [-0.25, -0.2) is 0 Å². The van der Waals surface area contributed by atoms with Gasteiger partial charge >= 0.3 is 0 Å². The molecule has 0 fully saturated rings. The minimum absolute atomic E-state index is 0.651. The van der Waals surface area contributed by atoms with E-state index in [0.717, 1.165) is 11.8 Å². The lowest BCUT2D eigenvalue weighted by molar-refractivity contribution is 0.355. The van der Waals surface area contributed by atoms with Crippen molar-refractivity contribution in [3.63, 3.8) is 0 Å². The molecule has 0 saturated carbocycles. The Labute approximate surface area is 77.2 Å². The Bertz CT molecular complexity index is 305. The predicted octanol–water partition coefficient (Wildman–Crippen LogP) is 2.23. The molecule has 0 unspecified atom stereocenters. The Morgan fingerprint density at radius 2 is 1.85 bits per heavy atom. The van der Waals surface area contributed by atoms with Gasteiger partial charge in [0, 0.05) is 0 Å². The van der Waals surface area contributed by atoms with Crippen molar-refractivity contribution in [2.45, 2.75) is 0 Å². The van der Waals surface area contributed by atoms with Crippen molar-refractivity contribution in [3.05, 3.63) is 30.0 Å². The van der Waals surface area contributed by atoms with Gasteiger partial charge in [0.25, 0.3) is 0 Å². The van der Waals surface area contributed by atoms with Gasteiger partial charge in [-0.2, -0.15) is 0 Å². The average Bonchev–Trinajstić information content (AvgIpc) is 2.18. The second kappa shape index (κ2) is 4.40.